The highest BCUT2D eigenvalue weighted by Gasteiger charge is 2.11. The van der Waals surface area contributed by atoms with E-state index in [1.165, 1.54) is 0 Å². The van der Waals surface area contributed by atoms with Crippen molar-refractivity contribution in [2.45, 2.75) is 38.8 Å². The van der Waals surface area contributed by atoms with Gasteiger partial charge in [0.1, 0.15) is 0 Å². The number of aliphatic hydroxyl groups excluding tert-OH is 1. The zero-order valence-corrected chi connectivity index (χ0v) is 10.3. The minimum Gasteiger partial charge on any atom is -0.398 e. The molecular formula is C13H20N2O2. The molecule has 0 saturated carbocycles. The fourth-order valence-corrected chi connectivity index (χ4v) is 1.76. The van der Waals surface area contributed by atoms with Gasteiger partial charge in [0, 0.05) is 11.7 Å². The average molecular weight is 236 g/mol. The minimum atomic E-state index is -0.410. The molecule has 4 nitrogen and oxygen atoms in total. The zero-order chi connectivity index (χ0) is 12.8. The Morgan fingerprint density at radius 1 is 1.41 bits per heavy atom. The Kier molecular flexibility index (Phi) is 4.97. The van der Waals surface area contributed by atoms with E-state index in [-0.39, 0.29) is 18.4 Å². The highest BCUT2D eigenvalue weighted by molar-refractivity contribution is 5.80. The SMILES string of the molecule is CC(O)CC(C)NC(=O)Cc1ccccc1N. The maximum absolute atomic E-state index is 11.7. The number of aliphatic hydroxyl groups is 1. The van der Waals surface area contributed by atoms with Crippen LogP contribution in [0.25, 0.3) is 0 Å². The first-order chi connectivity index (χ1) is 7.99. The topological polar surface area (TPSA) is 75.3 Å². The van der Waals surface area contributed by atoms with Gasteiger partial charge >= 0.3 is 0 Å². The minimum absolute atomic E-state index is 0.0348. The fraction of sp³-hybridized carbons (Fsp3) is 0.462. The van der Waals surface area contributed by atoms with Crippen molar-refractivity contribution in [1.29, 1.82) is 0 Å². The number of nitrogen functional groups attached to an aromatic ring is 1. The van der Waals surface area contributed by atoms with Crippen molar-refractivity contribution in [2.24, 2.45) is 0 Å². The van der Waals surface area contributed by atoms with Crippen molar-refractivity contribution >= 4 is 11.6 Å². The van der Waals surface area contributed by atoms with Crippen molar-refractivity contribution in [3.63, 3.8) is 0 Å². The first kappa shape index (κ1) is 13.5. The number of anilines is 1. The van der Waals surface area contributed by atoms with E-state index in [0.29, 0.717) is 12.1 Å². The van der Waals surface area contributed by atoms with E-state index < -0.39 is 6.10 Å². The van der Waals surface area contributed by atoms with E-state index in [2.05, 4.69) is 5.32 Å². The van der Waals surface area contributed by atoms with Gasteiger partial charge in [0.05, 0.1) is 12.5 Å². The summed E-state index contributed by atoms with van der Waals surface area (Å²) in [5, 5.41) is 12.0. The van der Waals surface area contributed by atoms with Gasteiger partial charge in [0.2, 0.25) is 5.91 Å². The highest BCUT2D eigenvalue weighted by Crippen LogP contribution is 2.11. The zero-order valence-electron chi connectivity index (χ0n) is 10.3. The molecule has 0 aliphatic carbocycles. The van der Waals surface area contributed by atoms with Crippen LogP contribution in [0.3, 0.4) is 0 Å². The maximum atomic E-state index is 11.7. The van der Waals surface area contributed by atoms with Gasteiger partial charge < -0.3 is 16.2 Å². The molecule has 1 rings (SSSR count). The number of carbonyl (C=O) groups excluding carboxylic acids is 1. The molecular weight excluding hydrogens is 216 g/mol. The Hall–Kier alpha value is -1.55. The molecule has 1 aromatic rings. The van der Waals surface area contributed by atoms with Crippen LogP contribution in [-0.4, -0.2) is 23.2 Å². The number of carbonyl (C=O) groups is 1. The Labute approximate surface area is 102 Å². The largest absolute Gasteiger partial charge is 0.398 e. The van der Waals surface area contributed by atoms with Gasteiger partial charge in [-0.15, -0.1) is 0 Å². The molecule has 0 saturated heterocycles. The monoisotopic (exact) mass is 236 g/mol. The summed E-state index contributed by atoms with van der Waals surface area (Å²) in [5.41, 5.74) is 7.22. The summed E-state index contributed by atoms with van der Waals surface area (Å²) in [4.78, 5) is 11.7. The highest BCUT2D eigenvalue weighted by atomic mass is 16.3. The summed E-state index contributed by atoms with van der Waals surface area (Å²) in [5.74, 6) is -0.0731. The lowest BCUT2D eigenvalue weighted by atomic mass is 10.1. The number of rotatable bonds is 5. The van der Waals surface area contributed by atoms with Gasteiger partial charge in [-0.3, -0.25) is 4.79 Å². The molecule has 4 N–H and O–H groups in total. The summed E-state index contributed by atoms with van der Waals surface area (Å²) in [7, 11) is 0. The molecule has 0 spiro atoms. The Morgan fingerprint density at radius 2 is 2.06 bits per heavy atom. The van der Waals surface area contributed by atoms with Crippen LogP contribution in [0.5, 0.6) is 0 Å². The smallest absolute Gasteiger partial charge is 0.224 e. The lowest BCUT2D eigenvalue weighted by molar-refractivity contribution is -0.121. The maximum Gasteiger partial charge on any atom is 0.224 e. The molecule has 1 amide bonds. The van der Waals surface area contributed by atoms with Crippen LogP contribution in [0, 0.1) is 0 Å². The second-order valence-electron chi connectivity index (χ2n) is 4.43. The number of benzene rings is 1. The third kappa shape index (κ3) is 4.87. The molecule has 94 valence electrons. The summed E-state index contributed by atoms with van der Waals surface area (Å²) in [6.07, 6.45) is 0.416. The van der Waals surface area contributed by atoms with E-state index in [0.717, 1.165) is 5.56 Å². The lowest BCUT2D eigenvalue weighted by Gasteiger charge is -2.15. The molecule has 0 radical (unpaired) electrons. The molecule has 0 aliphatic heterocycles. The van der Waals surface area contributed by atoms with Gasteiger partial charge in [-0.1, -0.05) is 18.2 Å². The number of para-hydroxylation sites is 1. The van der Waals surface area contributed by atoms with Gasteiger partial charge in [0.15, 0.2) is 0 Å². The van der Waals surface area contributed by atoms with Crippen molar-refractivity contribution in [1.82, 2.24) is 5.32 Å². The molecule has 0 heterocycles. The van der Waals surface area contributed by atoms with E-state index in [1.807, 2.05) is 25.1 Å². The third-order valence-corrected chi connectivity index (χ3v) is 2.51. The predicted octanol–water partition coefficient (Wildman–Crippen LogP) is 1.09. The number of hydrogen-bond acceptors (Lipinski definition) is 3. The third-order valence-electron chi connectivity index (χ3n) is 2.51. The van der Waals surface area contributed by atoms with Crippen LogP contribution in [-0.2, 0) is 11.2 Å². The van der Waals surface area contributed by atoms with Gasteiger partial charge in [-0.05, 0) is 31.9 Å². The molecule has 0 aliphatic rings. The normalized spacial score (nSPS) is 14.1. The van der Waals surface area contributed by atoms with Gasteiger partial charge in [-0.2, -0.15) is 0 Å². The summed E-state index contributed by atoms with van der Waals surface area (Å²) < 4.78 is 0. The van der Waals surface area contributed by atoms with E-state index >= 15 is 0 Å². The molecule has 4 heteroatoms. The molecule has 1 aromatic carbocycles. The molecule has 0 fully saturated rings. The molecule has 17 heavy (non-hydrogen) atoms. The summed E-state index contributed by atoms with van der Waals surface area (Å²) in [6.45, 7) is 3.58. The van der Waals surface area contributed by atoms with Crippen molar-refractivity contribution in [3.8, 4) is 0 Å². The van der Waals surface area contributed by atoms with E-state index in [9.17, 15) is 9.90 Å². The second kappa shape index (κ2) is 6.25. The fourth-order valence-electron chi connectivity index (χ4n) is 1.76. The Bertz CT molecular complexity index is 377. The van der Waals surface area contributed by atoms with Gasteiger partial charge in [0.25, 0.3) is 0 Å². The first-order valence-corrected chi connectivity index (χ1v) is 5.80. The van der Waals surface area contributed by atoms with Crippen LogP contribution in [0.1, 0.15) is 25.8 Å². The molecule has 0 aromatic heterocycles. The number of hydrogen-bond donors (Lipinski definition) is 3. The first-order valence-electron chi connectivity index (χ1n) is 5.80. The van der Waals surface area contributed by atoms with Crippen molar-refractivity contribution in [3.05, 3.63) is 29.8 Å². The number of nitrogens with one attached hydrogen (secondary N) is 1. The van der Waals surface area contributed by atoms with Crippen LogP contribution in [0.4, 0.5) is 5.69 Å². The summed E-state index contributed by atoms with van der Waals surface area (Å²) in [6, 6.07) is 7.29. The number of amides is 1. The lowest BCUT2D eigenvalue weighted by Crippen LogP contribution is -2.35. The second-order valence-corrected chi connectivity index (χ2v) is 4.43. The molecule has 0 bridgehead atoms. The van der Waals surface area contributed by atoms with Crippen molar-refractivity contribution < 1.29 is 9.90 Å². The van der Waals surface area contributed by atoms with Crippen LogP contribution in [0.15, 0.2) is 24.3 Å². The average Bonchev–Trinajstić information content (AvgIpc) is 2.19. The van der Waals surface area contributed by atoms with E-state index in [4.69, 9.17) is 5.73 Å². The van der Waals surface area contributed by atoms with Crippen LogP contribution in [0.2, 0.25) is 0 Å². The Morgan fingerprint density at radius 3 is 2.65 bits per heavy atom. The standard InChI is InChI=1S/C13H20N2O2/c1-9(7-10(2)16)15-13(17)8-11-5-3-4-6-12(11)14/h3-6,9-10,16H,7-8,14H2,1-2H3,(H,15,17). The molecule has 2 unspecified atom stereocenters. The van der Waals surface area contributed by atoms with E-state index in [1.54, 1.807) is 13.0 Å². The molecule has 2 atom stereocenters. The predicted molar refractivity (Wildman–Crippen MR) is 68.5 cm³/mol. The van der Waals surface area contributed by atoms with Gasteiger partial charge in [-0.25, -0.2) is 0 Å². The summed E-state index contributed by atoms with van der Waals surface area (Å²) >= 11 is 0. The van der Waals surface area contributed by atoms with Crippen LogP contribution >= 0.6 is 0 Å². The Balaban J connectivity index is 2.47. The van der Waals surface area contributed by atoms with Crippen LogP contribution < -0.4 is 11.1 Å². The number of nitrogens with two attached hydrogens (primary N) is 1. The quantitative estimate of drug-likeness (QED) is 0.670. The van der Waals surface area contributed by atoms with Crippen molar-refractivity contribution in [2.75, 3.05) is 5.73 Å².